The van der Waals surface area contributed by atoms with Crippen molar-refractivity contribution in [3.63, 3.8) is 0 Å². The van der Waals surface area contributed by atoms with Gasteiger partial charge < -0.3 is 9.32 Å². The zero-order valence-corrected chi connectivity index (χ0v) is 23.9. The third-order valence-corrected chi connectivity index (χ3v) is 8.78. The van der Waals surface area contributed by atoms with E-state index in [2.05, 4.69) is 169 Å². The van der Waals surface area contributed by atoms with Crippen molar-refractivity contribution in [1.82, 2.24) is 0 Å². The molecule has 2 heteroatoms. The number of anilines is 3. The molecule has 44 heavy (non-hydrogen) atoms. The van der Waals surface area contributed by atoms with Crippen LogP contribution in [0.2, 0.25) is 0 Å². The Bertz CT molecular complexity index is 2490. The molecule has 0 amide bonds. The van der Waals surface area contributed by atoms with Gasteiger partial charge in [-0.25, -0.2) is 0 Å². The van der Waals surface area contributed by atoms with Crippen molar-refractivity contribution in [1.29, 1.82) is 0 Å². The lowest BCUT2D eigenvalue weighted by Crippen LogP contribution is -2.10. The lowest BCUT2D eigenvalue weighted by molar-refractivity contribution is 0.673. The second-order valence-electron chi connectivity index (χ2n) is 11.3. The van der Waals surface area contributed by atoms with E-state index in [-0.39, 0.29) is 0 Å². The van der Waals surface area contributed by atoms with E-state index in [0.29, 0.717) is 0 Å². The molecule has 0 atom stereocenters. The molecule has 0 aliphatic carbocycles. The molecular weight excluding hydrogens is 534 g/mol. The minimum atomic E-state index is 0.875. The molecular formula is C42H27NO. The third kappa shape index (κ3) is 3.82. The average Bonchev–Trinajstić information content (AvgIpc) is 3.49. The zero-order chi connectivity index (χ0) is 29.0. The maximum absolute atomic E-state index is 6.94. The standard InChI is InChI=1S/C42H27NO/c1-3-14-29(15-4-1)38-26-33(43(31-17-5-2-6-18-31)32-24-23-28-13-7-8-16-30(28)25-32)27-39-40(38)41-36-21-11-9-19-34(36)35-20-10-12-22-37(35)42(41)44-39/h1-27H. The van der Waals surface area contributed by atoms with Crippen LogP contribution in [0.25, 0.3) is 65.4 Å². The van der Waals surface area contributed by atoms with Crippen molar-refractivity contribution in [3.05, 3.63) is 164 Å². The van der Waals surface area contributed by atoms with E-state index in [1.165, 1.54) is 26.9 Å². The molecule has 9 rings (SSSR count). The molecule has 1 aromatic heterocycles. The minimum absolute atomic E-state index is 0.875. The van der Waals surface area contributed by atoms with Crippen molar-refractivity contribution < 1.29 is 4.42 Å². The molecule has 206 valence electrons. The van der Waals surface area contributed by atoms with Crippen molar-refractivity contribution in [3.8, 4) is 11.1 Å². The largest absolute Gasteiger partial charge is 0.455 e. The Morgan fingerprint density at radius 3 is 1.77 bits per heavy atom. The normalized spacial score (nSPS) is 11.6. The van der Waals surface area contributed by atoms with E-state index in [0.717, 1.165) is 55.5 Å². The number of fused-ring (bicyclic) bond motifs is 9. The van der Waals surface area contributed by atoms with Crippen LogP contribution in [0.15, 0.2) is 168 Å². The molecule has 0 bridgehead atoms. The molecule has 0 spiro atoms. The van der Waals surface area contributed by atoms with Crippen LogP contribution in [0.5, 0.6) is 0 Å². The maximum Gasteiger partial charge on any atom is 0.143 e. The Hall–Kier alpha value is -5.86. The van der Waals surface area contributed by atoms with Crippen LogP contribution >= 0.6 is 0 Å². The van der Waals surface area contributed by atoms with Gasteiger partial charge in [0.15, 0.2) is 0 Å². The summed E-state index contributed by atoms with van der Waals surface area (Å²) in [6, 6.07) is 58.4. The predicted octanol–water partition coefficient (Wildman–Crippen LogP) is 12.2. The van der Waals surface area contributed by atoms with Crippen molar-refractivity contribution in [2.75, 3.05) is 4.90 Å². The van der Waals surface area contributed by atoms with Crippen LogP contribution in [0.1, 0.15) is 0 Å². The number of hydrogen-bond acceptors (Lipinski definition) is 2. The fourth-order valence-electron chi connectivity index (χ4n) is 6.83. The van der Waals surface area contributed by atoms with Crippen LogP contribution in [0, 0.1) is 0 Å². The summed E-state index contributed by atoms with van der Waals surface area (Å²) >= 11 is 0. The van der Waals surface area contributed by atoms with Gasteiger partial charge in [-0.05, 0) is 68.4 Å². The van der Waals surface area contributed by atoms with Gasteiger partial charge >= 0.3 is 0 Å². The number of hydrogen-bond donors (Lipinski definition) is 0. The summed E-state index contributed by atoms with van der Waals surface area (Å²) in [5.74, 6) is 0. The first-order chi connectivity index (χ1) is 21.8. The number of para-hydroxylation sites is 1. The molecule has 0 aliphatic rings. The van der Waals surface area contributed by atoms with Crippen LogP contribution in [-0.2, 0) is 0 Å². The molecule has 1 heterocycles. The minimum Gasteiger partial charge on any atom is -0.455 e. The number of benzene rings is 8. The zero-order valence-electron chi connectivity index (χ0n) is 23.9. The highest BCUT2D eigenvalue weighted by molar-refractivity contribution is 6.32. The summed E-state index contributed by atoms with van der Waals surface area (Å²) in [7, 11) is 0. The van der Waals surface area contributed by atoms with Gasteiger partial charge in [-0.3, -0.25) is 0 Å². The molecule has 0 fully saturated rings. The highest BCUT2D eigenvalue weighted by Gasteiger charge is 2.22. The van der Waals surface area contributed by atoms with E-state index in [1.807, 2.05) is 0 Å². The van der Waals surface area contributed by atoms with E-state index >= 15 is 0 Å². The van der Waals surface area contributed by atoms with Gasteiger partial charge in [0, 0.05) is 33.6 Å². The summed E-state index contributed by atoms with van der Waals surface area (Å²) in [4.78, 5) is 2.34. The van der Waals surface area contributed by atoms with Gasteiger partial charge in [-0.2, -0.15) is 0 Å². The van der Waals surface area contributed by atoms with Gasteiger partial charge in [0.05, 0.1) is 5.69 Å². The quantitative estimate of drug-likeness (QED) is 0.199. The Kier molecular flexibility index (Phi) is 5.54. The van der Waals surface area contributed by atoms with Crippen LogP contribution in [0.4, 0.5) is 17.1 Å². The predicted molar refractivity (Wildman–Crippen MR) is 186 cm³/mol. The number of nitrogens with zero attached hydrogens (tertiary/aromatic N) is 1. The molecule has 0 N–H and O–H groups in total. The molecule has 2 nitrogen and oxygen atoms in total. The first kappa shape index (κ1) is 24.7. The first-order valence-corrected chi connectivity index (χ1v) is 15.0. The highest BCUT2D eigenvalue weighted by Crippen LogP contribution is 2.47. The molecule has 0 saturated heterocycles. The Balaban J connectivity index is 1.42. The molecule has 0 aliphatic heterocycles. The summed E-state index contributed by atoms with van der Waals surface area (Å²) in [5, 5.41) is 9.52. The molecule has 8 aromatic carbocycles. The second-order valence-corrected chi connectivity index (χ2v) is 11.3. The topological polar surface area (TPSA) is 16.4 Å². The smallest absolute Gasteiger partial charge is 0.143 e. The third-order valence-electron chi connectivity index (χ3n) is 8.78. The second kappa shape index (κ2) is 9.86. The summed E-state index contributed by atoms with van der Waals surface area (Å²) in [5.41, 5.74) is 7.35. The van der Waals surface area contributed by atoms with E-state index in [1.54, 1.807) is 0 Å². The van der Waals surface area contributed by atoms with Gasteiger partial charge in [0.2, 0.25) is 0 Å². The van der Waals surface area contributed by atoms with Crippen molar-refractivity contribution in [2.24, 2.45) is 0 Å². The fourth-order valence-corrected chi connectivity index (χ4v) is 6.83. The molecule has 0 saturated carbocycles. The molecule has 0 radical (unpaired) electrons. The SMILES string of the molecule is c1ccc(-c2cc(N(c3ccccc3)c3ccc4ccccc4c3)cc3oc4c5ccccc5c5ccccc5c4c23)cc1. The molecule has 9 aromatic rings. The van der Waals surface area contributed by atoms with Gasteiger partial charge in [0.1, 0.15) is 11.2 Å². The number of rotatable bonds is 4. The summed E-state index contributed by atoms with van der Waals surface area (Å²) in [6.45, 7) is 0. The van der Waals surface area contributed by atoms with Crippen LogP contribution in [0.3, 0.4) is 0 Å². The van der Waals surface area contributed by atoms with Crippen molar-refractivity contribution >= 4 is 71.3 Å². The lowest BCUT2D eigenvalue weighted by atomic mass is 9.93. The van der Waals surface area contributed by atoms with Crippen molar-refractivity contribution in [2.45, 2.75) is 0 Å². The Labute approximate surface area is 255 Å². The summed E-state index contributed by atoms with van der Waals surface area (Å²) in [6.07, 6.45) is 0. The van der Waals surface area contributed by atoms with Gasteiger partial charge in [-0.1, -0.05) is 127 Å². The van der Waals surface area contributed by atoms with Gasteiger partial charge in [0.25, 0.3) is 0 Å². The van der Waals surface area contributed by atoms with E-state index in [4.69, 9.17) is 4.42 Å². The fraction of sp³-hybridized carbons (Fsp3) is 0. The Morgan fingerprint density at radius 1 is 0.386 bits per heavy atom. The monoisotopic (exact) mass is 561 g/mol. The van der Waals surface area contributed by atoms with Crippen LogP contribution in [-0.4, -0.2) is 0 Å². The molecule has 0 unspecified atom stereocenters. The highest BCUT2D eigenvalue weighted by atomic mass is 16.3. The van der Waals surface area contributed by atoms with Crippen LogP contribution < -0.4 is 4.90 Å². The Morgan fingerprint density at radius 2 is 1.00 bits per heavy atom. The summed E-state index contributed by atoms with van der Waals surface area (Å²) < 4.78 is 6.94. The van der Waals surface area contributed by atoms with E-state index < -0.39 is 0 Å². The first-order valence-electron chi connectivity index (χ1n) is 15.0. The number of furan rings is 1. The lowest BCUT2D eigenvalue weighted by Gasteiger charge is -2.26. The average molecular weight is 562 g/mol. The van der Waals surface area contributed by atoms with E-state index in [9.17, 15) is 0 Å². The van der Waals surface area contributed by atoms with Gasteiger partial charge in [-0.15, -0.1) is 0 Å². The maximum atomic E-state index is 6.94.